The zero-order valence-corrected chi connectivity index (χ0v) is 19.1. The van der Waals surface area contributed by atoms with Gasteiger partial charge in [-0.3, -0.25) is 4.90 Å². The minimum atomic E-state index is -3.51. The molecule has 3 aromatic rings. The lowest BCUT2D eigenvalue weighted by Gasteiger charge is -2.25. The van der Waals surface area contributed by atoms with Gasteiger partial charge in [0.1, 0.15) is 11.6 Å². The summed E-state index contributed by atoms with van der Waals surface area (Å²) >= 11 is 0. The van der Waals surface area contributed by atoms with E-state index < -0.39 is 10.0 Å². The molecule has 1 saturated heterocycles. The van der Waals surface area contributed by atoms with Crippen LogP contribution in [-0.2, 0) is 23.1 Å². The van der Waals surface area contributed by atoms with E-state index >= 15 is 0 Å². The average molecular weight is 445 g/mol. The number of nitrogens with zero attached hydrogens (tertiary/aromatic N) is 4. The van der Waals surface area contributed by atoms with Gasteiger partial charge in [0, 0.05) is 26.7 Å². The van der Waals surface area contributed by atoms with E-state index in [2.05, 4.69) is 16.4 Å². The minimum Gasteiger partial charge on any atom is -0.327 e. The van der Waals surface area contributed by atoms with Gasteiger partial charge in [0.15, 0.2) is 0 Å². The molecule has 1 atom stereocenters. The van der Waals surface area contributed by atoms with Crippen molar-refractivity contribution in [2.75, 3.05) is 20.6 Å². The molecule has 1 fully saturated rings. The number of imidazole rings is 1. The Balaban J connectivity index is 1.69. The molecule has 1 aliphatic rings. The van der Waals surface area contributed by atoms with Crippen LogP contribution in [-0.4, -0.2) is 47.8 Å². The number of fused-ring (bicyclic) bond motifs is 1. The van der Waals surface area contributed by atoms with Crippen molar-refractivity contribution >= 4 is 21.1 Å². The van der Waals surface area contributed by atoms with E-state index in [1.807, 2.05) is 18.2 Å². The predicted octanol–water partition coefficient (Wildman–Crippen LogP) is 4.17. The van der Waals surface area contributed by atoms with Crippen LogP contribution in [0.2, 0.25) is 0 Å². The van der Waals surface area contributed by atoms with E-state index in [4.69, 9.17) is 4.98 Å². The monoisotopic (exact) mass is 444 g/mol. The summed E-state index contributed by atoms with van der Waals surface area (Å²) in [6.07, 6.45) is 3.07. The van der Waals surface area contributed by atoms with Crippen LogP contribution in [0.15, 0.2) is 47.4 Å². The third kappa shape index (κ3) is 4.24. The SMILES string of the molecule is CCCn1c(CN2CCCC2c2ccc(F)cc2)nc2cc(S(=O)(=O)N(C)C)ccc21. The molecule has 1 unspecified atom stereocenters. The lowest BCUT2D eigenvalue weighted by Crippen LogP contribution is -2.24. The maximum atomic E-state index is 13.4. The van der Waals surface area contributed by atoms with Gasteiger partial charge in [0.25, 0.3) is 0 Å². The third-order valence-electron chi connectivity index (χ3n) is 5.99. The van der Waals surface area contributed by atoms with Gasteiger partial charge in [0.2, 0.25) is 10.0 Å². The number of halogens is 1. The van der Waals surface area contributed by atoms with Crippen molar-refractivity contribution in [3.8, 4) is 0 Å². The topological polar surface area (TPSA) is 58.4 Å². The standard InChI is InChI=1S/C23H29FN4O2S/c1-4-13-28-22-12-11-19(31(29,30)26(2)3)15-20(22)25-23(28)16-27-14-5-6-21(27)17-7-9-18(24)10-8-17/h7-12,15,21H,4-6,13-14,16H2,1-3H3. The molecule has 31 heavy (non-hydrogen) atoms. The number of aromatic nitrogens is 2. The fraction of sp³-hybridized carbons (Fsp3) is 0.435. The van der Waals surface area contributed by atoms with Crippen LogP contribution in [0, 0.1) is 5.82 Å². The highest BCUT2D eigenvalue weighted by molar-refractivity contribution is 7.89. The van der Waals surface area contributed by atoms with Crippen LogP contribution >= 0.6 is 0 Å². The second-order valence-electron chi connectivity index (χ2n) is 8.30. The Bertz CT molecular complexity index is 1170. The minimum absolute atomic E-state index is 0.221. The zero-order valence-electron chi connectivity index (χ0n) is 18.3. The first-order valence-electron chi connectivity index (χ1n) is 10.7. The highest BCUT2D eigenvalue weighted by Gasteiger charge is 2.28. The molecule has 2 aromatic carbocycles. The molecule has 0 spiro atoms. The van der Waals surface area contributed by atoms with E-state index in [0.717, 1.165) is 49.3 Å². The van der Waals surface area contributed by atoms with Crippen molar-refractivity contribution in [2.24, 2.45) is 0 Å². The third-order valence-corrected chi connectivity index (χ3v) is 7.80. The highest BCUT2D eigenvalue weighted by atomic mass is 32.2. The quantitative estimate of drug-likeness (QED) is 0.549. The van der Waals surface area contributed by atoms with Gasteiger partial charge in [-0.1, -0.05) is 19.1 Å². The Kier molecular flexibility index (Phi) is 6.14. The molecule has 0 radical (unpaired) electrons. The lowest BCUT2D eigenvalue weighted by molar-refractivity contribution is 0.239. The van der Waals surface area contributed by atoms with Gasteiger partial charge in [-0.15, -0.1) is 0 Å². The Morgan fingerprint density at radius 1 is 1.16 bits per heavy atom. The van der Waals surface area contributed by atoms with Crippen LogP contribution in [0.5, 0.6) is 0 Å². The summed E-state index contributed by atoms with van der Waals surface area (Å²) < 4.78 is 41.9. The predicted molar refractivity (Wildman–Crippen MR) is 120 cm³/mol. The summed E-state index contributed by atoms with van der Waals surface area (Å²) in [7, 11) is -0.449. The van der Waals surface area contributed by atoms with Gasteiger partial charge < -0.3 is 4.57 Å². The highest BCUT2D eigenvalue weighted by Crippen LogP contribution is 2.34. The van der Waals surface area contributed by atoms with Crippen molar-refractivity contribution in [3.05, 3.63) is 59.7 Å². The summed E-state index contributed by atoms with van der Waals surface area (Å²) in [5.74, 6) is 0.715. The van der Waals surface area contributed by atoms with E-state index in [1.54, 1.807) is 12.1 Å². The molecular formula is C23H29FN4O2S. The first kappa shape index (κ1) is 21.9. The maximum Gasteiger partial charge on any atom is 0.242 e. The fourth-order valence-electron chi connectivity index (χ4n) is 4.38. The van der Waals surface area contributed by atoms with Crippen molar-refractivity contribution < 1.29 is 12.8 Å². The fourth-order valence-corrected chi connectivity index (χ4v) is 5.31. The van der Waals surface area contributed by atoms with Gasteiger partial charge in [-0.2, -0.15) is 0 Å². The summed E-state index contributed by atoms with van der Waals surface area (Å²) in [5, 5.41) is 0. The van der Waals surface area contributed by atoms with Gasteiger partial charge in [-0.25, -0.2) is 22.1 Å². The van der Waals surface area contributed by atoms with E-state index in [0.29, 0.717) is 12.1 Å². The van der Waals surface area contributed by atoms with Gasteiger partial charge in [0.05, 0.1) is 22.5 Å². The average Bonchev–Trinajstić information content (AvgIpc) is 3.33. The second kappa shape index (κ2) is 8.68. The van der Waals surface area contributed by atoms with Crippen LogP contribution in [0.3, 0.4) is 0 Å². The molecule has 0 saturated carbocycles. The Hall–Kier alpha value is -2.29. The van der Waals surface area contributed by atoms with E-state index in [1.165, 1.54) is 30.5 Å². The molecule has 0 amide bonds. The molecule has 1 aliphatic heterocycles. The van der Waals surface area contributed by atoms with Gasteiger partial charge in [-0.05, 0) is 61.7 Å². The van der Waals surface area contributed by atoms with Crippen LogP contribution in [0.25, 0.3) is 11.0 Å². The molecule has 0 aliphatic carbocycles. The number of benzene rings is 2. The number of rotatable bonds is 7. The molecule has 0 bridgehead atoms. The van der Waals surface area contributed by atoms with Crippen LogP contribution in [0.4, 0.5) is 4.39 Å². The number of hydrogen-bond donors (Lipinski definition) is 0. The second-order valence-corrected chi connectivity index (χ2v) is 10.4. The Morgan fingerprint density at radius 2 is 1.90 bits per heavy atom. The normalized spacial score (nSPS) is 17.8. The van der Waals surface area contributed by atoms with Crippen LogP contribution in [0.1, 0.15) is 43.6 Å². The number of hydrogen-bond acceptors (Lipinski definition) is 4. The molecule has 1 aromatic heterocycles. The Labute approximate surface area is 183 Å². The van der Waals surface area contributed by atoms with Gasteiger partial charge >= 0.3 is 0 Å². The van der Waals surface area contributed by atoms with Crippen LogP contribution < -0.4 is 0 Å². The zero-order chi connectivity index (χ0) is 22.2. The number of aryl methyl sites for hydroxylation is 1. The van der Waals surface area contributed by atoms with E-state index in [9.17, 15) is 12.8 Å². The molecule has 0 N–H and O–H groups in total. The summed E-state index contributed by atoms with van der Waals surface area (Å²) in [6, 6.07) is 12.2. The lowest BCUT2D eigenvalue weighted by atomic mass is 10.0. The van der Waals surface area contributed by atoms with E-state index in [-0.39, 0.29) is 16.8 Å². The molecule has 6 nitrogen and oxygen atoms in total. The maximum absolute atomic E-state index is 13.4. The number of sulfonamides is 1. The Morgan fingerprint density at radius 3 is 2.58 bits per heavy atom. The smallest absolute Gasteiger partial charge is 0.242 e. The number of likely N-dealkylation sites (tertiary alicyclic amines) is 1. The largest absolute Gasteiger partial charge is 0.327 e. The first-order chi connectivity index (χ1) is 14.8. The molecule has 4 rings (SSSR count). The molecule has 8 heteroatoms. The molecule has 166 valence electrons. The molecular weight excluding hydrogens is 415 g/mol. The van der Waals surface area contributed by atoms with Crippen molar-refractivity contribution in [2.45, 2.75) is 50.2 Å². The molecule has 2 heterocycles. The van der Waals surface area contributed by atoms with Crippen molar-refractivity contribution in [3.63, 3.8) is 0 Å². The summed E-state index contributed by atoms with van der Waals surface area (Å²) in [4.78, 5) is 7.49. The first-order valence-corrected chi connectivity index (χ1v) is 12.2. The van der Waals surface area contributed by atoms with Crippen molar-refractivity contribution in [1.82, 2.24) is 18.8 Å². The summed E-state index contributed by atoms with van der Waals surface area (Å²) in [6.45, 7) is 4.57. The summed E-state index contributed by atoms with van der Waals surface area (Å²) in [5.41, 5.74) is 2.77. The van der Waals surface area contributed by atoms with Crippen molar-refractivity contribution in [1.29, 1.82) is 0 Å².